The van der Waals surface area contributed by atoms with Crippen molar-refractivity contribution >= 4 is 46.5 Å². The molecule has 0 fully saturated rings. The van der Waals surface area contributed by atoms with Crippen LogP contribution in [0.3, 0.4) is 0 Å². The lowest BCUT2D eigenvalue weighted by molar-refractivity contribution is -0.116. The molecule has 0 aliphatic rings. The molecule has 5 nitrogen and oxygen atoms in total. The van der Waals surface area contributed by atoms with Gasteiger partial charge in [0.2, 0.25) is 5.91 Å². The summed E-state index contributed by atoms with van der Waals surface area (Å²) in [6.45, 7) is 5.11. The standard InChI is InChI=1S/C15H13Cl3N4O/c1-8(2)21(9(3)23)15-10(6-19)7-20-22(15)12-5-4-11(16)13(17)14(12)18/h4-5,7-8H,1-3H3. The largest absolute Gasteiger partial charge is 0.293 e. The fourth-order valence-corrected chi connectivity index (χ4v) is 2.88. The van der Waals surface area contributed by atoms with Crippen LogP contribution in [0.5, 0.6) is 0 Å². The highest BCUT2D eigenvalue weighted by atomic mass is 35.5. The number of nitriles is 1. The molecule has 0 bridgehead atoms. The van der Waals surface area contributed by atoms with Gasteiger partial charge in [0, 0.05) is 13.0 Å². The van der Waals surface area contributed by atoms with E-state index in [1.807, 2.05) is 19.9 Å². The van der Waals surface area contributed by atoms with E-state index in [4.69, 9.17) is 34.8 Å². The molecule has 2 rings (SSSR count). The number of hydrogen-bond acceptors (Lipinski definition) is 3. The van der Waals surface area contributed by atoms with Gasteiger partial charge in [-0.3, -0.25) is 9.69 Å². The quantitative estimate of drug-likeness (QED) is 0.748. The van der Waals surface area contributed by atoms with Gasteiger partial charge in [0.15, 0.2) is 5.82 Å². The van der Waals surface area contributed by atoms with Crippen molar-refractivity contribution in [2.75, 3.05) is 4.90 Å². The van der Waals surface area contributed by atoms with Gasteiger partial charge in [-0.1, -0.05) is 34.8 Å². The van der Waals surface area contributed by atoms with E-state index in [9.17, 15) is 10.1 Å². The Morgan fingerprint density at radius 1 is 1.30 bits per heavy atom. The molecule has 0 N–H and O–H groups in total. The number of aromatic nitrogens is 2. The molecule has 2 aromatic rings. The molecule has 0 saturated carbocycles. The first kappa shape index (κ1) is 17.6. The molecule has 0 unspecified atom stereocenters. The third kappa shape index (κ3) is 3.16. The predicted octanol–water partition coefficient (Wildman–Crippen LogP) is 4.47. The molecule has 0 spiro atoms. The van der Waals surface area contributed by atoms with Crippen molar-refractivity contribution in [2.24, 2.45) is 0 Å². The molecule has 1 amide bonds. The van der Waals surface area contributed by atoms with Crippen LogP contribution >= 0.6 is 34.8 Å². The zero-order valence-corrected chi connectivity index (χ0v) is 14.9. The lowest BCUT2D eigenvalue weighted by Crippen LogP contribution is -2.37. The van der Waals surface area contributed by atoms with E-state index in [0.29, 0.717) is 16.5 Å². The molecule has 0 aliphatic heterocycles. The maximum absolute atomic E-state index is 12.0. The lowest BCUT2D eigenvalue weighted by Gasteiger charge is -2.26. The maximum Gasteiger partial charge on any atom is 0.225 e. The van der Waals surface area contributed by atoms with E-state index in [-0.39, 0.29) is 27.6 Å². The number of rotatable bonds is 3. The zero-order valence-electron chi connectivity index (χ0n) is 12.6. The summed E-state index contributed by atoms with van der Waals surface area (Å²) >= 11 is 18.3. The summed E-state index contributed by atoms with van der Waals surface area (Å²) in [5.74, 6) is 0.129. The SMILES string of the molecule is CC(=O)N(c1c(C#N)cnn1-c1ccc(Cl)c(Cl)c1Cl)C(C)C. The van der Waals surface area contributed by atoms with E-state index < -0.39 is 0 Å². The molecule has 0 saturated heterocycles. The van der Waals surface area contributed by atoms with Crippen LogP contribution in [0.2, 0.25) is 15.1 Å². The van der Waals surface area contributed by atoms with Crippen molar-refractivity contribution in [2.45, 2.75) is 26.8 Å². The average molecular weight is 372 g/mol. The Labute approximate surface area is 149 Å². The molecule has 1 aromatic heterocycles. The molecule has 0 aliphatic carbocycles. The van der Waals surface area contributed by atoms with E-state index in [2.05, 4.69) is 5.10 Å². The van der Waals surface area contributed by atoms with Crippen molar-refractivity contribution in [3.63, 3.8) is 0 Å². The minimum Gasteiger partial charge on any atom is -0.293 e. The van der Waals surface area contributed by atoms with Gasteiger partial charge in [-0.15, -0.1) is 0 Å². The predicted molar refractivity (Wildman–Crippen MR) is 91.6 cm³/mol. The number of amides is 1. The van der Waals surface area contributed by atoms with Crippen LogP contribution < -0.4 is 4.90 Å². The average Bonchev–Trinajstić information content (AvgIpc) is 2.88. The summed E-state index contributed by atoms with van der Waals surface area (Å²) in [4.78, 5) is 13.5. The zero-order chi connectivity index (χ0) is 17.3. The van der Waals surface area contributed by atoms with Crippen LogP contribution in [0.4, 0.5) is 5.82 Å². The Morgan fingerprint density at radius 2 is 1.96 bits per heavy atom. The number of carbonyl (C=O) groups is 1. The van der Waals surface area contributed by atoms with E-state index >= 15 is 0 Å². The molecule has 1 heterocycles. The van der Waals surface area contributed by atoms with Gasteiger partial charge < -0.3 is 0 Å². The fraction of sp³-hybridized carbons (Fsp3) is 0.267. The van der Waals surface area contributed by atoms with Crippen molar-refractivity contribution in [3.8, 4) is 11.8 Å². The van der Waals surface area contributed by atoms with Gasteiger partial charge in [0.25, 0.3) is 0 Å². The second-order valence-corrected chi connectivity index (χ2v) is 6.25. The number of carbonyl (C=O) groups excluding carboxylic acids is 1. The number of benzene rings is 1. The van der Waals surface area contributed by atoms with E-state index in [1.54, 1.807) is 12.1 Å². The van der Waals surface area contributed by atoms with Gasteiger partial charge in [-0.25, -0.2) is 4.68 Å². The van der Waals surface area contributed by atoms with Crippen molar-refractivity contribution in [3.05, 3.63) is 39.0 Å². The van der Waals surface area contributed by atoms with Crippen LogP contribution in [-0.4, -0.2) is 21.7 Å². The normalized spacial score (nSPS) is 10.7. The van der Waals surface area contributed by atoms with Gasteiger partial charge in [-0.05, 0) is 26.0 Å². The van der Waals surface area contributed by atoms with Crippen molar-refractivity contribution in [1.29, 1.82) is 5.26 Å². The molecule has 0 atom stereocenters. The highest BCUT2D eigenvalue weighted by Gasteiger charge is 2.26. The van der Waals surface area contributed by atoms with Gasteiger partial charge >= 0.3 is 0 Å². The topological polar surface area (TPSA) is 61.9 Å². The summed E-state index contributed by atoms with van der Waals surface area (Å²) in [5.41, 5.74) is 0.695. The van der Waals surface area contributed by atoms with Crippen molar-refractivity contribution < 1.29 is 4.79 Å². The minimum atomic E-state index is -0.213. The summed E-state index contributed by atoms with van der Waals surface area (Å²) in [7, 11) is 0. The lowest BCUT2D eigenvalue weighted by atomic mass is 10.2. The van der Waals surface area contributed by atoms with Gasteiger partial charge in [0.05, 0.1) is 27.0 Å². The third-order valence-electron chi connectivity index (χ3n) is 3.19. The first-order valence-corrected chi connectivity index (χ1v) is 7.84. The summed E-state index contributed by atoms with van der Waals surface area (Å²) < 4.78 is 1.42. The van der Waals surface area contributed by atoms with Crippen molar-refractivity contribution in [1.82, 2.24) is 9.78 Å². The first-order valence-electron chi connectivity index (χ1n) is 6.71. The first-order chi connectivity index (χ1) is 10.8. The van der Waals surface area contributed by atoms with Crippen LogP contribution in [-0.2, 0) is 4.79 Å². The molecule has 23 heavy (non-hydrogen) atoms. The number of halogens is 3. The fourth-order valence-electron chi connectivity index (χ4n) is 2.27. The third-order valence-corrected chi connectivity index (χ3v) is 4.47. The smallest absolute Gasteiger partial charge is 0.225 e. The Kier molecular flexibility index (Phi) is 5.20. The van der Waals surface area contributed by atoms with E-state index in [0.717, 1.165) is 0 Å². The molecule has 1 aromatic carbocycles. The Morgan fingerprint density at radius 3 is 2.48 bits per heavy atom. The van der Waals surface area contributed by atoms with Crippen LogP contribution in [0.15, 0.2) is 18.3 Å². The summed E-state index contributed by atoms with van der Waals surface area (Å²) in [6, 6.07) is 5.08. The molecular weight excluding hydrogens is 359 g/mol. The molecule has 8 heteroatoms. The highest BCUT2D eigenvalue weighted by Crippen LogP contribution is 2.37. The molecular formula is C15H13Cl3N4O. The second kappa shape index (κ2) is 6.79. The number of nitrogens with zero attached hydrogens (tertiary/aromatic N) is 4. The number of anilines is 1. The monoisotopic (exact) mass is 370 g/mol. The Bertz CT molecular complexity index is 808. The van der Waals surface area contributed by atoms with Gasteiger partial charge in [0.1, 0.15) is 11.6 Å². The second-order valence-electron chi connectivity index (χ2n) is 5.08. The maximum atomic E-state index is 12.0. The highest BCUT2D eigenvalue weighted by molar-refractivity contribution is 6.48. The molecule has 120 valence electrons. The summed E-state index contributed by atoms with van der Waals surface area (Å²) in [6.07, 6.45) is 1.38. The van der Waals surface area contributed by atoms with Crippen LogP contribution in [0.25, 0.3) is 5.69 Å². The summed E-state index contributed by atoms with van der Waals surface area (Å²) in [5, 5.41) is 14.2. The van der Waals surface area contributed by atoms with E-state index in [1.165, 1.54) is 22.7 Å². The number of hydrogen-bond donors (Lipinski definition) is 0. The van der Waals surface area contributed by atoms with Crippen LogP contribution in [0, 0.1) is 11.3 Å². The van der Waals surface area contributed by atoms with Gasteiger partial charge in [-0.2, -0.15) is 10.4 Å². The Balaban J connectivity index is 2.76. The van der Waals surface area contributed by atoms with Crippen LogP contribution in [0.1, 0.15) is 26.3 Å². The minimum absolute atomic E-state index is 0.170. The molecule has 0 radical (unpaired) electrons. The Hall–Kier alpha value is -1.74.